The normalized spacial score (nSPS) is 13.9. The number of urea groups is 1. The predicted octanol–water partition coefficient (Wildman–Crippen LogP) is 2.38. The smallest absolute Gasteiger partial charge is 0.322 e. The molecule has 1 aliphatic carbocycles. The number of carbonyl (C=O) groups excluding carboxylic acids is 1. The average molecular weight is 278 g/mol. The van der Waals surface area contributed by atoms with Gasteiger partial charge in [0.25, 0.3) is 0 Å². The van der Waals surface area contributed by atoms with Crippen LogP contribution < -0.4 is 10.1 Å². The maximum Gasteiger partial charge on any atom is 0.322 e. The van der Waals surface area contributed by atoms with E-state index in [1.165, 1.54) is 0 Å². The monoisotopic (exact) mass is 278 g/mol. The van der Waals surface area contributed by atoms with Gasteiger partial charge in [-0.3, -0.25) is 0 Å². The van der Waals surface area contributed by atoms with Crippen LogP contribution in [0.15, 0.2) is 18.2 Å². The molecule has 5 nitrogen and oxygen atoms in total. The van der Waals surface area contributed by atoms with E-state index in [2.05, 4.69) is 5.32 Å². The van der Waals surface area contributed by atoms with Gasteiger partial charge in [-0.05, 0) is 50.5 Å². The summed E-state index contributed by atoms with van der Waals surface area (Å²) < 4.78 is 5.47. The first-order valence-electron chi connectivity index (χ1n) is 7.07. The Balaban J connectivity index is 2.01. The van der Waals surface area contributed by atoms with Crippen LogP contribution in [0.4, 0.5) is 10.5 Å². The SMILES string of the molecule is CCOc1ccc(NC(=O)N(CCO)C2CC2)cc1C. The number of aryl methyl sites for hydroxylation is 1. The molecule has 2 N–H and O–H groups in total. The van der Waals surface area contributed by atoms with Crippen LogP contribution in [0.25, 0.3) is 0 Å². The second-order valence-corrected chi connectivity index (χ2v) is 4.99. The van der Waals surface area contributed by atoms with Gasteiger partial charge in [0.2, 0.25) is 0 Å². The number of benzene rings is 1. The second kappa shape index (κ2) is 6.61. The Morgan fingerprint density at radius 2 is 2.25 bits per heavy atom. The third-order valence-electron chi connectivity index (χ3n) is 3.32. The quantitative estimate of drug-likeness (QED) is 0.840. The topological polar surface area (TPSA) is 61.8 Å². The van der Waals surface area contributed by atoms with Gasteiger partial charge in [-0.25, -0.2) is 4.79 Å². The summed E-state index contributed by atoms with van der Waals surface area (Å²) in [6.45, 7) is 4.89. The van der Waals surface area contributed by atoms with Crippen LogP contribution in [0.2, 0.25) is 0 Å². The minimum absolute atomic E-state index is 0.00771. The molecule has 0 unspecified atom stereocenters. The molecule has 5 heteroatoms. The maximum atomic E-state index is 12.2. The zero-order chi connectivity index (χ0) is 14.5. The lowest BCUT2D eigenvalue weighted by atomic mass is 10.2. The maximum absolute atomic E-state index is 12.2. The molecule has 0 spiro atoms. The van der Waals surface area contributed by atoms with Crippen LogP contribution in [0.3, 0.4) is 0 Å². The summed E-state index contributed by atoms with van der Waals surface area (Å²) >= 11 is 0. The van der Waals surface area contributed by atoms with Crippen LogP contribution in [0, 0.1) is 6.92 Å². The first-order chi connectivity index (χ1) is 9.65. The van der Waals surface area contributed by atoms with E-state index < -0.39 is 0 Å². The van der Waals surface area contributed by atoms with E-state index in [0.29, 0.717) is 13.2 Å². The minimum Gasteiger partial charge on any atom is -0.494 e. The number of nitrogens with zero attached hydrogens (tertiary/aromatic N) is 1. The Morgan fingerprint density at radius 3 is 2.80 bits per heavy atom. The summed E-state index contributed by atoms with van der Waals surface area (Å²) in [6.07, 6.45) is 2.05. The van der Waals surface area contributed by atoms with Crippen LogP contribution >= 0.6 is 0 Å². The van der Waals surface area contributed by atoms with Crippen molar-refractivity contribution in [2.24, 2.45) is 0 Å². The number of anilines is 1. The fraction of sp³-hybridized carbons (Fsp3) is 0.533. The molecule has 1 aromatic carbocycles. The first kappa shape index (κ1) is 14.7. The lowest BCUT2D eigenvalue weighted by Gasteiger charge is -2.22. The van der Waals surface area contributed by atoms with Crippen molar-refractivity contribution in [3.8, 4) is 5.75 Å². The molecule has 0 aromatic heterocycles. The van der Waals surface area contributed by atoms with Gasteiger partial charge in [-0.1, -0.05) is 0 Å². The number of rotatable bonds is 6. The molecular formula is C15H22N2O3. The van der Waals surface area contributed by atoms with Crippen molar-refractivity contribution in [3.05, 3.63) is 23.8 Å². The third kappa shape index (κ3) is 3.63. The highest BCUT2D eigenvalue weighted by atomic mass is 16.5. The fourth-order valence-corrected chi connectivity index (χ4v) is 2.18. The third-order valence-corrected chi connectivity index (χ3v) is 3.32. The van der Waals surface area contributed by atoms with Crippen LogP contribution in [0.1, 0.15) is 25.3 Å². The van der Waals surface area contributed by atoms with E-state index in [4.69, 9.17) is 9.84 Å². The zero-order valence-corrected chi connectivity index (χ0v) is 12.1. The van der Waals surface area contributed by atoms with Crippen molar-refractivity contribution in [3.63, 3.8) is 0 Å². The van der Waals surface area contributed by atoms with Gasteiger partial charge in [0.1, 0.15) is 5.75 Å². The molecule has 110 valence electrons. The number of aliphatic hydroxyl groups excluding tert-OH is 1. The summed E-state index contributed by atoms with van der Waals surface area (Å²) in [5.41, 5.74) is 1.74. The fourth-order valence-electron chi connectivity index (χ4n) is 2.18. The van der Waals surface area contributed by atoms with Crippen LogP contribution in [-0.2, 0) is 0 Å². The van der Waals surface area contributed by atoms with Gasteiger partial charge in [0.15, 0.2) is 0 Å². The highest BCUT2D eigenvalue weighted by Crippen LogP contribution is 2.28. The van der Waals surface area contributed by atoms with Gasteiger partial charge < -0.3 is 20.1 Å². The summed E-state index contributed by atoms with van der Waals surface area (Å²) in [4.78, 5) is 13.9. The Bertz CT molecular complexity index is 472. The molecule has 0 aliphatic heterocycles. The summed E-state index contributed by atoms with van der Waals surface area (Å²) in [5.74, 6) is 0.833. The number of nitrogens with one attached hydrogen (secondary N) is 1. The number of ether oxygens (including phenoxy) is 1. The molecule has 1 saturated carbocycles. The standard InChI is InChI=1S/C15H22N2O3/c1-3-20-14-7-4-12(10-11(14)2)16-15(19)17(8-9-18)13-5-6-13/h4,7,10,13,18H,3,5-6,8-9H2,1-2H3,(H,16,19). The van der Waals surface area contributed by atoms with Gasteiger partial charge >= 0.3 is 6.03 Å². The highest BCUT2D eigenvalue weighted by Gasteiger charge is 2.32. The molecule has 1 aliphatic rings. The Hall–Kier alpha value is -1.75. The van der Waals surface area contributed by atoms with E-state index in [-0.39, 0.29) is 18.7 Å². The number of hydrogen-bond donors (Lipinski definition) is 2. The van der Waals surface area contributed by atoms with Crippen molar-refractivity contribution >= 4 is 11.7 Å². The van der Waals surface area contributed by atoms with E-state index in [1.807, 2.05) is 32.0 Å². The Morgan fingerprint density at radius 1 is 1.50 bits per heavy atom. The molecule has 1 aromatic rings. The van der Waals surface area contributed by atoms with Crippen molar-refractivity contribution in [2.75, 3.05) is 25.1 Å². The van der Waals surface area contributed by atoms with Crippen molar-refractivity contribution < 1.29 is 14.6 Å². The van der Waals surface area contributed by atoms with Crippen molar-refractivity contribution in [1.29, 1.82) is 0 Å². The summed E-state index contributed by atoms with van der Waals surface area (Å²) in [5, 5.41) is 11.9. The summed E-state index contributed by atoms with van der Waals surface area (Å²) in [6, 6.07) is 5.73. The molecule has 0 heterocycles. The second-order valence-electron chi connectivity index (χ2n) is 4.99. The minimum atomic E-state index is -0.148. The lowest BCUT2D eigenvalue weighted by Crippen LogP contribution is -2.38. The van der Waals surface area contributed by atoms with Gasteiger partial charge in [0.05, 0.1) is 13.2 Å². The molecule has 2 rings (SSSR count). The first-order valence-corrected chi connectivity index (χ1v) is 7.07. The van der Waals surface area contributed by atoms with Crippen LogP contribution in [0.5, 0.6) is 5.75 Å². The van der Waals surface area contributed by atoms with Crippen molar-refractivity contribution in [1.82, 2.24) is 4.90 Å². The van der Waals surface area contributed by atoms with E-state index in [9.17, 15) is 4.79 Å². The van der Waals surface area contributed by atoms with Gasteiger partial charge in [0, 0.05) is 18.3 Å². The van der Waals surface area contributed by atoms with E-state index in [0.717, 1.165) is 29.8 Å². The molecule has 2 amide bonds. The molecule has 0 saturated heterocycles. The Labute approximate surface area is 119 Å². The van der Waals surface area contributed by atoms with E-state index >= 15 is 0 Å². The average Bonchev–Trinajstić information content (AvgIpc) is 3.23. The summed E-state index contributed by atoms with van der Waals surface area (Å²) in [7, 11) is 0. The number of hydrogen-bond acceptors (Lipinski definition) is 3. The molecule has 0 bridgehead atoms. The van der Waals surface area contributed by atoms with Gasteiger partial charge in [-0.2, -0.15) is 0 Å². The molecular weight excluding hydrogens is 256 g/mol. The van der Waals surface area contributed by atoms with Crippen molar-refractivity contribution in [2.45, 2.75) is 32.7 Å². The van der Waals surface area contributed by atoms with Gasteiger partial charge in [-0.15, -0.1) is 0 Å². The molecule has 1 fully saturated rings. The van der Waals surface area contributed by atoms with E-state index in [1.54, 1.807) is 4.90 Å². The molecule has 0 radical (unpaired) electrons. The number of amides is 2. The zero-order valence-electron chi connectivity index (χ0n) is 12.1. The predicted molar refractivity (Wildman–Crippen MR) is 78.2 cm³/mol. The number of aliphatic hydroxyl groups is 1. The van der Waals surface area contributed by atoms with Crippen LogP contribution in [-0.4, -0.2) is 41.8 Å². The largest absolute Gasteiger partial charge is 0.494 e. The Kier molecular flexibility index (Phi) is 4.84. The lowest BCUT2D eigenvalue weighted by molar-refractivity contribution is 0.185. The molecule has 0 atom stereocenters. The molecule has 20 heavy (non-hydrogen) atoms. The number of carbonyl (C=O) groups is 1. The highest BCUT2D eigenvalue weighted by molar-refractivity contribution is 5.90.